The van der Waals surface area contributed by atoms with Crippen LogP contribution in [-0.4, -0.2) is 48.8 Å². The van der Waals surface area contributed by atoms with Crippen molar-refractivity contribution in [1.29, 1.82) is 0 Å². The van der Waals surface area contributed by atoms with Crippen LogP contribution in [0.3, 0.4) is 0 Å². The Morgan fingerprint density at radius 3 is 2.44 bits per heavy atom. The normalized spacial score (nSPS) is 13.4. The zero-order valence-corrected chi connectivity index (χ0v) is 17.7. The number of carbonyl (C=O) groups excluding carboxylic acids is 1. The lowest BCUT2D eigenvalue weighted by Gasteiger charge is -2.26. The van der Waals surface area contributed by atoms with Crippen LogP contribution in [0.2, 0.25) is 0 Å². The van der Waals surface area contributed by atoms with Crippen LogP contribution in [0.1, 0.15) is 29.2 Å². The van der Waals surface area contributed by atoms with Gasteiger partial charge < -0.3 is 20.6 Å². The van der Waals surface area contributed by atoms with Crippen LogP contribution in [0.5, 0.6) is 5.75 Å². The monoisotopic (exact) mass is 389 g/mol. The topological polar surface area (TPSA) is 64.6 Å². The summed E-state index contributed by atoms with van der Waals surface area (Å²) in [4.78, 5) is 14.4. The Morgan fingerprint density at radius 1 is 1.22 bits per heavy atom. The molecule has 148 valence electrons. The molecule has 1 aromatic heterocycles. The molecule has 0 bridgehead atoms. The summed E-state index contributed by atoms with van der Waals surface area (Å²) >= 11 is 1.67. The van der Waals surface area contributed by atoms with Crippen molar-refractivity contribution in [2.24, 2.45) is 0 Å². The Labute approximate surface area is 166 Å². The van der Waals surface area contributed by atoms with Crippen molar-refractivity contribution in [3.63, 3.8) is 0 Å². The smallest absolute Gasteiger partial charge is 0.315 e. The molecule has 1 aromatic carbocycles. The Morgan fingerprint density at radius 2 is 1.89 bits per heavy atom. The molecule has 0 saturated heterocycles. The first kappa shape index (κ1) is 21.3. The van der Waals surface area contributed by atoms with Crippen LogP contribution >= 0.6 is 11.3 Å². The van der Waals surface area contributed by atoms with Crippen molar-refractivity contribution in [2.75, 3.05) is 20.6 Å². The summed E-state index contributed by atoms with van der Waals surface area (Å²) in [5.41, 5.74) is 4.62. The number of thiophene rings is 1. The summed E-state index contributed by atoms with van der Waals surface area (Å²) in [7, 11) is 4.04. The van der Waals surface area contributed by atoms with Crippen LogP contribution in [0.25, 0.3) is 0 Å². The van der Waals surface area contributed by atoms with E-state index in [0.29, 0.717) is 12.3 Å². The first-order valence-electron chi connectivity index (χ1n) is 9.27. The van der Waals surface area contributed by atoms with Gasteiger partial charge in [-0.2, -0.15) is 11.3 Å². The van der Waals surface area contributed by atoms with Crippen LogP contribution < -0.4 is 10.6 Å². The molecule has 2 atom stereocenters. The third-order valence-electron chi connectivity index (χ3n) is 4.85. The number of hydrogen-bond donors (Lipinski definition) is 3. The number of likely N-dealkylation sites (N-methyl/N-ethyl adjacent to an activating group) is 1. The van der Waals surface area contributed by atoms with Crippen LogP contribution in [0.15, 0.2) is 29.0 Å². The van der Waals surface area contributed by atoms with Crippen molar-refractivity contribution in [1.82, 2.24) is 15.5 Å². The van der Waals surface area contributed by atoms with Crippen molar-refractivity contribution in [2.45, 2.75) is 45.7 Å². The van der Waals surface area contributed by atoms with E-state index in [1.807, 2.05) is 34.9 Å². The zero-order valence-electron chi connectivity index (χ0n) is 16.9. The lowest BCUT2D eigenvalue weighted by Crippen LogP contribution is -2.47. The quantitative estimate of drug-likeness (QED) is 0.648. The van der Waals surface area contributed by atoms with E-state index < -0.39 is 0 Å². The van der Waals surface area contributed by atoms with Gasteiger partial charge in [0.05, 0.1) is 0 Å². The highest BCUT2D eigenvalue weighted by molar-refractivity contribution is 7.07. The maximum absolute atomic E-state index is 12.3. The van der Waals surface area contributed by atoms with Crippen LogP contribution in [0, 0.1) is 13.8 Å². The molecule has 27 heavy (non-hydrogen) atoms. The maximum atomic E-state index is 12.3. The molecule has 2 aromatic rings. The zero-order chi connectivity index (χ0) is 20.0. The van der Waals surface area contributed by atoms with Crippen molar-refractivity contribution < 1.29 is 9.90 Å². The molecule has 0 aliphatic carbocycles. The summed E-state index contributed by atoms with van der Waals surface area (Å²) in [6.45, 7) is 6.61. The molecule has 0 fully saturated rings. The molecule has 2 rings (SSSR count). The lowest BCUT2D eigenvalue weighted by atomic mass is 9.95. The minimum atomic E-state index is -0.135. The number of carbonyl (C=O) groups is 1. The molecule has 0 spiro atoms. The van der Waals surface area contributed by atoms with Crippen molar-refractivity contribution in [3.05, 3.63) is 51.2 Å². The Hall–Kier alpha value is -2.05. The van der Waals surface area contributed by atoms with E-state index >= 15 is 0 Å². The molecule has 0 radical (unpaired) electrons. The first-order valence-corrected chi connectivity index (χ1v) is 10.2. The molecule has 0 aliphatic heterocycles. The predicted molar refractivity (Wildman–Crippen MR) is 113 cm³/mol. The van der Waals surface area contributed by atoms with Gasteiger partial charge in [0.25, 0.3) is 0 Å². The van der Waals surface area contributed by atoms with Crippen LogP contribution in [-0.2, 0) is 12.8 Å². The average Bonchev–Trinajstić information content (AvgIpc) is 3.05. The fraction of sp³-hybridized carbons (Fsp3) is 0.476. The van der Waals surface area contributed by atoms with Crippen molar-refractivity contribution in [3.8, 4) is 5.75 Å². The maximum Gasteiger partial charge on any atom is 0.315 e. The third kappa shape index (κ3) is 6.56. The van der Waals surface area contributed by atoms with Gasteiger partial charge in [0.2, 0.25) is 0 Å². The lowest BCUT2D eigenvalue weighted by molar-refractivity contribution is 0.229. The Balaban J connectivity index is 1.89. The number of phenols is 1. The Bertz CT molecular complexity index is 721. The van der Waals surface area contributed by atoms with E-state index in [0.717, 1.165) is 24.0 Å². The second-order valence-electron chi connectivity index (χ2n) is 7.47. The highest BCUT2D eigenvalue weighted by Gasteiger charge is 2.17. The minimum absolute atomic E-state index is 0.0824. The minimum Gasteiger partial charge on any atom is -0.508 e. The fourth-order valence-corrected chi connectivity index (χ4v) is 3.95. The number of aryl methyl sites for hydroxylation is 2. The number of benzene rings is 1. The molecular weight excluding hydrogens is 358 g/mol. The summed E-state index contributed by atoms with van der Waals surface area (Å²) in [6, 6.07) is 5.79. The van der Waals surface area contributed by atoms with Gasteiger partial charge in [-0.25, -0.2) is 4.79 Å². The standard InChI is InChI=1S/C21H31N3O2S/c1-14-8-19(25)9-15(2)20(14)11-18(24(4)5)12-22-21(26)23-16(3)10-17-6-7-27-13-17/h6-9,13,16,18,25H,10-12H2,1-5H3,(H2,22,23,26)/t16-,18-/m0/s1. The molecule has 5 nitrogen and oxygen atoms in total. The summed E-state index contributed by atoms with van der Waals surface area (Å²) < 4.78 is 0. The summed E-state index contributed by atoms with van der Waals surface area (Å²) in [5, 5.41) is 19.9. The number of amides is 2. The van der Waals surface area contributed by atoms with Gasteiger partial charge in [-0.3, -0.25) is 0 Å². The van der Waals surface area contributed by atoms with Gasteiger partial charge in [0.1, 0.15) is 5.75 Å². The number of phenolic OH excluding ortho intramolecular Hbond substituents is 1. The first-order chi connectivity index (χ1) is 12.8. The summed E-state index contributed by atoms with van der Waals surface area (Å²) in [6.07, 6.45) is 1.65. The number of aromatic hydroxyl groups is 1. The second kappa shape index (κ2) is 9.76. The molecule has 1 heterocycles. The number of nitrogens with one attached hydrogen (secondary N) is 2. The molecule has 3 N–H and O–H groups in total. The van der Waals surface area contributed by atoms with E-state index in [4.69, 9.17) is 0 Å². The van der Waals surface area contributed by atoms with E-state index in [2.05, 4.69) is 32.4 Å². The van der Waals surface area contributed by atoms with Gasteiger partial charge in [0.15, 0.2) is 0 Å². The highest BCUT2D eigenvalue weighted by Crippen LogP contribution is 2.22. The van der Waals surface area contributed by atoms with E-state index in [1.165, 1.54) is 11.1 Å². The van der Waals surface area contributed by atoms with Gasteiger partial charge in [-0.1, -0.05) is 0 Å². The van der Waals surface area contributed by atoms with E-state index in [1.54, 1.807) is 23.5 Å². The predicted octanol–water partition coefficient (Wildman–Crippen LogP) is 3.47. The number of rotatable bonds is 8. The number of urea groups is 1. The fourth-order valence-electron chi connectivity index (χ4n) is 3.26. The van der Waals surface area contributed by atoms with Crippen LogP contribution in [0.4, 0.5) is 4.79 Å². The molecule has 0 saturated carbocycles. The molecule has 6 heteroatoms. The summed E-state index contributed by atoms with van der Waals surface area (Å²) in [5.74, 6) is 0.298. The molecule has 0 unspecified atom stereocenters. The average molecular weight is 390 g/mol. The molecule has 0 aliphatic rings. The molecule has 2 amide bonds. The molecular formula is C21H31N3O2S. The van der Waals surface area contributed by atoms with Gasteiger partial charge in [0, 0.05) is 18.6 Å². The number of nitrogens with zero attached hydrogens (tertiary/aromatic N) is 1. The second-order valence-corrected chi connectivity index (χ2v) is 8.25. The highest BCUT2D eigenvalue weighted by atomic mass is 32.1. The van der Waals surface area contributed by atoms with E-state index in [9.17, 15) is 9.90 Å². The van der Waals surface area contributed by atoms with E-state index in [-0.39, 0.29) is 18.1 Å². The third-order valence-corrected chi connectivity index (χ3v) is 5.58. The van der Waals surface area contributed by atoms with Gasteiger partial charge in [-0.05, 0) is 98.9 Å². The largest absolute Gasteiger partial charge is 0.508 e. The van der Waals surface area contributed by atoms with Gasteiger partial charge >= 0.3 is 6.03 Å². The van der Waals surface area contributed by atoms with Gasteiger partial charge in [-0.15, -0.1) is 0 Å². The van der Waals surface area contributed by atoms with Crippen molar-refractivity contribution >= 4 is 17.4 Å². The Kier molecular flexibility index (Phi) is 7.68. The number of hydrogen-bond acceptors (Lipinski definition) is 4. The SMILES string of the molecule is Cc1cc(O)cc(C)c1C[C@@H](CNC(=O)N[C@@H](C)Cc1ccsc1)N(C)C.